The summed E-state index contributed by atoms with van der Waals surface area (Å²) in [6, 6.07) is 0. The van der Waals surface area contributed by atoms with Crippen LogP contribution >= 0.6 is 0 Å². The molecule has 0 aromatic carbocycles. The van der Waals surface area contributed by atoms with Gasteiger partial charge in [-0.25, -0.2) is 0 Å². The van der Waals surface area contributed by atoms with Gasteiger partial charge in [0.1, 0.15) is 0 Å². The quantitative estimate of drug-likeness (QED) is 0.627. The lowest BCUT2D eigenvalue weighted by molar-refractivity contribution is 0.188. The third-order valence-corrected chi connectivity index (χ3v) is 4.36. The molecule has 0 bridgehead atoms. The van der Waals surface area contributed by atoms with E-state index in [9.17, 15) is 0 Å². The van der Waals surface area contributed by atoms with E-state index in [0.29, 0.717) is 0 Å². The van der Waals surface area contributed by atoms with Crippen LogP contribution in [0.1, 0.15) is 45.4 Å². The van der Waals surface area contributed by atoms with E-state index in [0.717, 1.165) is 38.1 Å². The minimum absolute atomic E-state index is 0.770. The molecule has 2 aliphatic rings. The first-order chi connectivity index (χ1) is 9.25. The number of hydrogen-bond donors (Lipinski definition) is 1. The predicted octanol–water partition coefficient (Wildman–Crippen LogP) is 1.91. The van der Waals surface area contributed by atoms with Crippen LogP contribution in [0, 0.1) is 5.92 Å². The van der Waals surface area contributed by atoms with Gasteiger partial charge in [0.25, 0.3) is 0 Å². The molecule has 2 N–H and O–H groups in total. The normalized spacial score (nSPS) is 27.3. The molecule has 0 spiro atoms. The Labute approximate surface area is 118 Å². The van der Waals surface area contributed by atoms with Crippen molar-refractivity contribution in [2.75, 3.05) is 39.3 Å². The van der Waals surface area contributed by atoms with E-state index >= 15 is 0 Å². The zero-order valence-corrected chi connectivity index (χ0v) is 12.5. The van der Waals surface area contributed by atoms with Crippen molar-refractivity contribution in [2.24, 2.45) is 16.6 Å². The first-order valence-corrected chi connectivity index (χ1v) is 8.03. The van der Waals surface area contributed by atoms with Crippen molar-refractivity contribution >= 4 is 5.96 Å². The molecule has 0 radical (unpaired) electrons. The minimum atomic E-state index is 0.770. The van der Waals surface area contributed by atoms with Crippen LogP contribution in [0.25, 0.3) is 0 Å². The van der Waals surface area contributed by atoms with Crippen molar-refractivity contribution in [2.45, 2.75) is 45.4 Å². The third kappa shape index (κ3) is 5.01. The molecular weight excluding hydrogens is 236 g/mol. The predicted molar refractivity (Wildman–Crippen MR) is 81.4 cm³/mol. The highest BCUT2D eigenvalue weighted by Crippen LogP contribution is 2.14. The molecule has 110 valence electrons. The second-order valence-electron chi connectivity index (χ2n) is 6.19. The molecule has 0 amide bonds. The zero-order valence-electron chi connectivity index (χ0n) is 12.5. The molecule has 1 atom stereocenters. The smallest absolute Gasteiger partial charge is 0.191 e. The van der Waals surface area contributed by atoms with Gasteiger partial charge < -0.3 is 15.5 Å². The summed E-state index contributed by atoms with van der Waals surface area (Å²) >= 11 is 0. The lowest BCUT2D eigenvalue weighted by Gasteiger charge is -2.30. The van der Waals surface area contributed by atoms with Crippen LogP contribution in [-0.4, -0.2) is 55.0 Å². The number of aliphatic imine (C=N–C) groups is 1. The number of hydrogen-bond acceptors (Lipinski definition) is 2. The Morgan fingerprint density at radius 3 is 2.53 bits per heavy atom. The number of guanidine groups is 1. The average molecular weight is 266 g/mol. The first-order valence-electron chi connectivity index (χ1n) is 8.03. The van der Waals surface area contributed by atoms with Gasteiger partial charge in [-0.3, -0.25) is 4.99 Å². The SMILES string of the molecule is CC1CCCN(CCN=C(N)N2CCCCCC2)C1. The second kappa shape index (κ2) is 7.73. The number of nitrogens with zero attached hydrogens (tertiary/aromatic N) is 3. The lowest BCUT2D eigenvalue weighted by Crippen LogP contribution is -2.39. The van der Waals surface area contributed by atoms with Crippen LogP contribution in [0.5, 0.6) is 0 Å². The van der Waals surface area contributed by atoms with E-state index in [1.807, 2.05) is 0 Å². The lowest BCUT2D eigenvalue weighted by atomic mass is 10.0. The van der Waals surface area contributed by atoms with E-state index in [4.69, 9.17) is 5.73 Å². The van der Waals surface area contributed by atoms with Crippen LogP contribution in [0.15, 0.2) is 4.99 Å². The van der Waals surface area contributed by atoms with Crippen molar-refractivity contribution in [3.63, 3.8) is 0 Å². The topological polar surface area (TPSA) is 44.9 Å². The van der Waals surface area contributed by atoms with Crippen LogP contribution in [-0.2, 0) is 0 Å². The maximum atomic E-state index is 6.12. The summed E-state index contributed by atoms with van der Waals surface area (Å²) in [5, 5.41) is 0. The maximum absolute atomic E-state index is 6.12. The Kier molecular flexibility index (Phi) is 5.95. The molecule has 0 aromatic rings. The highest BCUT2D eigenvalue weighted by molar-refractivity contribution is 5.78. The monoisotopic (exact) mass is 266 g/mol. The molecule has 2 aliphatic heterocycles. The van der Waals surface area contributed by atoms with Crippen LogP contribution < -0.4 is 5.73 Å². The van der Waals surface area contributed by atoms with Crippen LogP contribution in [0.4, 0.5) is 0 Å². The van der Waals surface area contributed by atoms with E-state index in [-0.39, 0.29) is 0 Å². The second-order valence-corrected chi connectivity index (χ2v) is 6.19. The standard InChI is InChI=1S/C15H30N4/c1-14-7-6-9-18(13-14)12-8-17-15(16)19-10-4-2-3-5-11-19/h14H,2-13H2,1H3,(H2,16,17). The highest BCUT2D eigenvalue weighted by Gasteiger charge is 2.15. The molecule has 2 fully saturated rings. The van der Waals surface area contributed by atoms with Crippen molar-refractivity contribution in [3.8, 4) is 0 Å². The Morgan fingerprint density at radius 1 is 1.11 bits per heavy atom. The van der Waals surface area contributed by atoms with Gasteiger partial charge in [-0.1, -0.05) is 19.8 Å². The summed E-state index contributed by atoms with van der Waals surface area (Å²) in [6.07, 6.45) is 7.94. The van der Waals surface area contributed by atoms with Gasteiger partial charge in [0.2, 0.25) is 0 Å². The summed E-state index contributed by atoms with van der Waals surface area (Å²) in [6.45, 7) is 8.93. The highest BCUT2D eigenvalue weighted by atomic mass is 15.3. The molecule has 2 heterocycles. The molecule has 2 saturated heterocycles. The van der Waals surface area contributed by atoms with Crippen molar-refractivity contribution in [1.82, 2.24) is 9.80 Å². The zero-order chi connectivity index (χ0) is 13.5. The molecule has 1 unspecified atom stereocenters. The molecular formula is C15H30N4. The fourth-order valence-corrected chi connectivity index (χ4v) is 3.20. The Bertz CT molecular complexity index is 282. The van der Waals surface area contributed by atoms with Crippen LogP contribution in [0.3, 0.4) is 0 Å². The molecule has 0 saturated carbocycles. The van der Waals surface area contributed by atoms with Gasteiger partial charge in [-0.15, -0.1) is 0 Å². The van der Waals surface area contributed by atoms with Gasteiger partial charge >= 0.3 is 0 Å². The number of likely N-dealkylation sites (tertiary alicyclic amines) is 2. The summed E-state index contributed by atoms with van der Waals surface area (Å²) in [4.78, 5) is 9.39. The fraction of sp³-hybridized carbons (Fsp3) is 0.933. The van der Waals surface area contributed by atoms with E-state index in [1.54, 1.807) is 0 Å². The molecule has 4 heteroatoms. The minimum Gasteiger partial charge on any atom is -0.370 e. The van der Waals surface area contributed by atoms with Gasteiger partial charge in [-0.05, 0) is 38.1 Å². The molecule has 0 aliphatic carbocycles. The molecule has 2 rings (SSSR count). The molecule has 19 heavy (non-hydrogen) atoms. The summed E-state index contributed by atoms with van der Waals surface area (Å²) in [5.74, 6) is 1.62. The Balaban J connectivity index is 1.71. The summed E-state index contributed by atoms with van der Waals surface area (Å²) < 4.78 is 0. The Morgan fingerprint density at radius 2 is 1.84 bits per heavy atom. The van der Waals surface area contributed by atoms with Crippen molar-refractivity contribution < 1.29 is 0 Å². The van der Waals surface area contributed by atoms with Crippen molar-refractivity contribution in [3.05, 3.63) is 0 Å². The number of rotatable bonds is 3. The first kappa shape index (κ1) is 14.6. The van der Waals surface area contributed by atoms with E-state index in [1.165, 1.54) is 51.6 Å². The third-order valence-electron chi connectivity index (χ3n) is 4.36. The van der Waals surface area contributed by atoms with E-state index in [2.05, 4.69) is 21.7 Å². The Hall–Kier alpha value is -0.770. The van der Waals surface area contributed by atoms with Gasteiger partial charge in [0.05, 0.1) is 6.54 Å². The maximum Gasteiger partial charge on any atom is 0.191 e. The summed E-state index contributed by atoms with van der Waals surface area (Å²) in [7, 11) is 0. The summed E-state index contributed by atoms with van der Waals surface area (Å²) in [5.41, 5.74) is 6.12. The largest absolute Gasteiger partial charge is 0.370 e. The van der Waals surface area contributed by atoms with Gasteiger partial charge in [0, 0.05) is 26.2 Å². The number of piperidine rings is 1. The number of nitrogens with two attached hydrogens (primary N) is 1. The van der Waals surface area contributed by atoms with Crippen molar-refractivity contribution in [1.29, 1.82) is 0 Å². The van der Waals surface area contributed by atoms with Gasteiger partial charge in [-0.2, -0.15) is 0 Å². The van der Waals surface area contributed by atoms with E-state index < -0.39 is 0 Å². The average Bonchev–Trinajstić information content (AvgIpc) is 2.67. The van der Waals surface area contributed by atoms with Gasteiger partial charge in [0.15, 0.2) is 5.96 Å². The fourth-order valence-electron chi connectivity index (χ4n) is 3.20. The molecule has 0 aromatic heterocycles. The molecule has 4 nitrogen and oxygen atoms in total. The van der Waals surface area contributed by atoms with Crippen LogP contribution in [0.2, 0.25) is 0 Å².